The highest BCUT2D eigenvalue weighted by molar-refractivity contribution is 6.06. The lowest BCUT2D eigenvalue weighted by Gasteiger charge is -2.32. The molecule has 1 atom stereocenters. The fraction of sp³-hybridized carbons (Fsp3) is 0.176. The third kappa shape index (κ3) is 1.92. The van der Waals surface area contributed by atoms with Crippen molar-refractivity contribution in [1.29, 1.82) is 0 Å². The molecule has 2 aromatic carbocycles. The summed E-state index contributed by atoms with van der Waals surface area (Å²) in [6.45, 7) is 1.83. The van der Waals surface area contributed by atoms with E-state index in [0.717, 1.165) is 11.1 Å². The lowest BCUT2D eigenvalue weighted by molar-refractivity contribution is -0.145. The number of fused-ring (bicyclic) bond motifs is 1. The Labute approximate surface area is 117 Å². The van der Waals surface area contributed by atoms with Crippen molar-refractivity contribution in [3.63, 3.8) is 0 Å². The smallest absolute Gasteiger partial charge is 0.346 e. The summed E-state index contributed by atoms with van der Waals surface area (Å²) >= 11 is 0. The van der Waals surface area contributed by atoms with E-state index in [2.05, 4.69) is 0 Å². The van der Waals surface area contributed by atoms with Crippen molar-refractivity contribution in [2.24, 2.45) is 0 Å². The predicted octanol–water partition coefficient (Wildman–Crippen LogP) is 2.88. The van der Waals surface area contributed by atoms with Gasteiger partial charge in [-0.05, 0) is 30.5 Å². The van der Waals surface area contributed by atoms with Crippen LogP contribution in [0.3, 0.4) is 0 Å². The molecule has 0 saturated carbocycles. The molecule has 0 saturated heterocycles. The Hall–Kier alpha value is -2.42. The lowest BCUT2D eigenvalue weighted by atomic mass is 9.74. The van der Waals surface area contributed by atoms with Gasteiger partial charge in [0, 0.05) is 0 Å². The molecular formula is C17H14O3. The van der Waals surface area contributed by atoms with Crippen LogP contribution in [0.2, 0.25) is 0 Å². The summed E-state index contributed by atoms with van der Waals surface area (Å²) in [7, 11) is 0. The molecule has 1 aliphatic heterocycles. The SMILES string of the molecule is CC1(Cc2ccccc2)C(=O)OC(=O)c2ccccc21. The number of hydrogen-bond donors (Lipinski definition) is 0. The number of ether oxygens (including phenoxy) is 1. The summed E-state index contributed by atoms with van der Waals surface area (Å²) in [5.74, 6) is -1.04. The molecule has 0 aromatic heterocycles. The molecule has 0 radical (unpaired) electrons. The highest BCUT2D eigenvalue weighted by atomic mass is 16.6. The summed E-state index contributed by atoms with van der Waals surface area (Å²) in [5.41, 5.74) is 1.43. The van der Waals surface area contributed by atoms with Crippen molar-refractivity contribution in [2.45, 2.75) is 18.8 Å². The fourth-order valence-corrected chi connectivity index (χ4v) is 2.68. The van der Waals surface area contributed by atoms with Crippen molar-refractivity contribution in [1.82, 2.24) is 0 Å². The molecule has 3 heteroatoms. The number of esters is 2. The van der Waals surface area contributed by atoms with Crippen LogP contribution in [-0.2, 0) is 21.4 Å². The zero-order valence-corrected chi connectivity index (χ0v) is 11.1. The van der Waals surface area contributed by atoms with Crippen molar-refractivity contribution in [3.05, 3.63) is 71.3 Å². The molecule has 2 aromatic rings. The Balaban J connectivity index is 2.09. The van der Waals surface area contributed by atoms with Crippen LogP contribution in [0, 0.1) is 0 Å². The second kappa shape index (κ2) is 4.60. The zero-order chi connectivity index (χ0) is 14.2. The Bertz CT molecular complexity index is 676. The summed E-state index contributed by atoms with van der Waals surface area (Å²) in [6, 6.07) is 16.9. The van der Waals surface area contributed by atoms with E-state index >= 15 is 0 Å². The average molecular weight is 266 g/mol. The lowest BCUT2D eigenvalue weighted by Crippen LogP contribution is -2.43. The number of carbonyl (C=O) groups is 2. The molecule has 100 valence electrons. The molecule has 1 unspecified atom stereocenters. The van der Waals surface area contributed by atoms with Crippen molar-refractivity contribution in [3.8, 4) is 0 Å². The number of cyclic esters (lactones) is 2. The molecule has 1 heterocycles. The summed E-state index contributed by atoms with van der Waals surface area (Å²) in [6.07, 6.45) is 0.511. The van der Waals surface area contributed by atoms with Crippen molar-refractivity contribution >= 4 is 11.9 Å². The van der Waals surface area contributed by atoms with Crippen LogP contribution < -0.4 is 0 Å². The first-order valence-corrected chi connectivity index (χ1v) is 6.51. The normalized spacial score (nSPS) is 21.2. The Morgan fingerprint density at radius 3 is 2.35 bits per heavy atom. The first kappa shape index (κ1) is 12.6. The van der Waals surface area contributed by atoms with E-state index in [1.54, 1.807) is 12.1 Å². The van der Waals surface area contributed by atoms with Gasteiger partial charge in [-0.15, -0.1) is 0 Å². The van der Waals surface area contributed by atoms with E-state index in [-0.39, 0.29) is 0 Å². The minimum atomic E-state index is -0.828. The van der Waals surface area contributed by atoms with Gasteiger partial charge in [-0.2, -0.15) is 0 Å². The molecule has 0 fully saturated rings. The van der Waals surface area contributed by atoms with Gasteiger partial charge in [0.05, 0.1) is 11.0 Å². The van der Waals surface area contributed by atoms with Crippen LogP contribution in [0.1, 0.15) is 28.4 Å². The van der Waals surface area contributed by atoms with Gasteiger partial charge in [-0.3, -0.25) is 4.79 Å². The van der Waals surface area contributed by atoms with Gasteiger partial charge in [-0.1, -0.05) is 48.5 Å². The molecule has 3 rings (SSSR count). The van der Waals surface area contributed by atoms with Crippen molar-refractivity contribution in [2.75, 3.05) is 0 Å². The van der Waals surface area contributed by atoms with Crippen LogP contribution in [0.15, 0.2) is 54.6 Å². The first-order valence-electron chi connectivity index (χ1n) is 6.51. The second-order valence-electron chi connectivity index (χ2n) is 5.22. The monoisotopic (exact) mass is 266 g/mol. The minimum Gasteiger partial charge on any atom is -0.389 e. The summed E-state index contributed by atoms with van der Waals surface area (Å²) in [5, 5.41) is 0. The van der Waals surface area contributed by atoms with Gasteiger partial charge in [0.25, 0.3) is 0 Å². The molecule has 0 bridgehead atoms. The minimum absolute atomic E-state index is 0.477. The highest BCUT2D eigenvalue weighted by Crippen LogP contribution is 2.36. The molecule has 0 spiro atoms. The van der Waals surface area contributed by atoms with Gasteiger partial charge in [-0.25, -0.2) is 4.79 Å². The van der Waals surface area contributed by atoms with Crippen LogP contribution >= 0.6 is 0 Å². The summed E-state index contributed by atoms with van der Waals surface area (Å²) in [4.78, 5) is 24.0. The maximum atomic E-state index is 12.3. The molecule has 1 aliphatic rings. The van der Waals surface area contributed by atoms with Gasteiger partial charge in [0.15, 0.2) is 0 Å². The van der Waals surface area contributed by atoms with Crippen LogP contribution in [0.4, 0.5) is 0 Å². The topological polar surface area (TPSA) is 43.4 Å². The third-order valence-electron chi connectivity index (χ3n) is 3.78. The average Bonchev–Trinajstić information content (AvgIpc) is 2.47. The summed E-state index contributed by atoms with van der Waals surface area (Å²) < 4.78 is 4.92. The maximum Gasteiger partial charge on any atom is 0.346 e. The van der Waals surface area contributed by atoms with E-state index in [0.29, 0.717) is 12.0 Å². The number of rotatable bonds is 2. The van der Waals surface area contributed by atoms with E-state index in [1.165, 1.54) is 0 Å². The predicted molar refractivity (Wildman–Crippen MR) is 74.4 cm³/mol. The van der Waals surface area contributed by atoms with Gasteiger partial charge < -0.3 is 4.74 Å². The molecule has 3 nitrogen and oxygen atoms in total. The highest BCUT2D eigenvalue weighted by Gasteiger charge is 2.44. The number of benzene rings is 2. The first-order chi connectivity index (χ1) is 9.61. The quantitative estimate of drug-likeness (QED) is 0.620. The Kier molecular flexibility index (Phi) is 2.90. The van der Waals surface area contributed by atoms with Crippen LogP contribution in [-0.4, -0.2) is 11.9 Å². The van der Waals surface area contributed by atoms with E-state index < -0.39 is 17.4 Å². The molecule has 0 amide bonds. The van der Waals surface area contributed by atoms with Gasteiger partial charge in [0.2, 0.25) is 0 Å². The second-order valence-corrected chi connectivity index (χ2v) is 5.22. The Morgan fingerprint density at radius 1 is 0.950 bits per heavy atom. The van der Waals surface area contributed by atoms with Gasteiger partial charge in [0.1, 0.15) is 0 Å². The van der Waals surface area contributed by atoms with Crippen LogP contribution in [0.25, 0.3) is 0 Å². The Morgan fingerprint density at radius 2 is 1.60 bits per heavy atom. The number of hydrogen-bond acceptors (Lipinski definition) is 3. The maximum absolute atomic E-state index is 12.3. The van der Waals surface area contributed by atoms with Crippen LogP contribution in [0.5, 0.6) is 0 Å². The molecule has 20 heavy (non-hydrogen) atoms. The van der Waals surface area contributed by atoms with E-state index in [9.17, 15) is 9.59 Å². The fourth-order valence-electron chi connectivity index (χ4n) is 2.68. The van der Waals surface area contributed by atoms with E-state index in [4.69, 9.17) is 4.74 Å². The van der Waals surface area contributed by atoms with Crippen molar-refractivity contribution < 1.29 is 14.3 Å². The van der Waals surface area contributed by atoms with Gasteiger partial charge >= 0.3 is 11.9 Å². The largest absolute Gasteiger partial charge is 0.389 e. The molecule has 0 aliphatic carbocycles. The number of carbonyl (C=O) groups excluding carboxylic acids is 2. The standard InChI is InChI=1S/C17H14O3/c1-17(11-12-7-3-2-4-8-12)14-10-6-5-9-13(14)15(18)20-16(17)19/h2-10H,11H2,1H3. The third-order valence-corrected chi connectivity index (χ3v) is 3.78. The van der Waals surface area contributed by atoms with E-state index in [1.807, 2.05) is 49.4 Å². The molecule has 0 N–H and O–H groups in total. The molecular weight excluding hydrogens is 252 g/mol. The zero-order valence-electron chi connectivity index (χ0n) is 11.1.